The number of nitrogens with two attached hydrogens (primary N) is 1. The van der Waals surface area contributed by atoms with E-state index in [1.807, 2.05) is 4.90 Å². The standard InChI is InChI=1S/C18H22N6OS2/c1-12-5-9-26-17(12)27-18-22-14-15(19)20-10-21-16(14)24(18)8-4-13-2-6-23(11-25)7-3-13/h5,9-11,13H,2-4,6-8H2,1H3,(H2,19,20,21). The largest absolute Gasteiger partial charge is 0.382 e. The van der Waals surface area contributed by atoms with Crippen LogP contribution in [0, 0.1) is 12.8 Å². The number of fused-ring (bicyclic) bond motifs is 1. The zero-order valence-corrected chi connectivity index (χ0v) is 16.8. The van der Waals surface area contributed by atoms with Crippen LogP contribution in [0.3, 0.4) is 0 Å². The minimum absolute atomic E-state index is 0.419. The quantitative estimate of drug-likeness (QED) is 0.637. The summed E-state index contributed by atoms with van der Waals surface area (Å²) in [6, 6.07) is 2.12. The van der Waals surface area contributed by atoms with E-state index in [2.05, 4.69) is 32.9 Å². The molecule has 0 unspecified atom stereocenters. The van der Waals surface area contributed by atoms with E-state index in [1.54, 1.807) is 23.1 Å². The number of carbonyl (C=O) groups excluding carboxylic acids is 1. The average molecular weight is 403 g/mol. The van der Waals surface area contributed by atoms with Gasteiger partial charge in [0, 0.05) is 19.6 Å². The van der Waals surface area contributed by atoms with E-state index in [0.717, 1.165) is 56.1 Å². The zero-order chi connectivity index (χ0) is 18.8. The highest BCUT2D eigenvalue weighted by atomic mass is 32.2. The number of hydrogen-bond acceptors (Lipinski definition) is 7. The third kappa shape index (κ3) is 3.79. The van der Waals surface area contributed by atoms with Gasteiger partial charge in [-0.3, -0.25) is 4.79 Å². The van der Waals surface area contributed by atoms with Gasteiger partial charge in [0.2, 0.25) is 6.41 Å². The normalized spacial score (nSPS) is 15.5. The van der Waals surface area contributed by atoms with E-state index in [4.69, 9.17) is 10.7 Å². The van der Waals surface area contributed by atoms with Crippen LogP contribution in [0.15, 0.2) is 27.1 Å². The number of hydrogen-bond donors (Lipinski definition) is 1. The SMILES string of the molecule is Cc1ccsc1Sc1nc2c(N)ncnc2n1CCC1CCN(C=O)CC1. The third-order valence-corrected chi connectivity index (χ3v) is 7.43. The predicted octanol–water partition coefficient (Wildman–Crippen LogP) is 3.19. The molecular formula is C18H22N6OS2. The van der Waals surface area contributed by atoms with E-state index in [9.17, 15) is 4.79 Å². The van der Waals surface area contributed by atoms with Gasteiger partial charge in [-0.15, -0.1) is 11.3 Å². The molecule has 9 heteroatoms. The monoisotopic (exact) mass is 402 g/mol. The molecule has 0 saturated carbocycles. The first-order valence-corrected chi connectivity index (χ1v) is 10.7. The van der Waals surface area contributed by atoms with Crippen LogP contribution in [0.2, 0.25) is 0 Å². The van der Waals surface area contributed by atoms with Gasteiger partial charge < -0.3 is 15.2 Å². The summed E-state index contributed by atoms with van der Waals surface area (Å²) >= 11 is 3.38. The molecule has 3 aromatic heterocycles. The number of anilines is 1. The molecule has 3 aromatic rings. The lowest BCUT2D eigenvalue weighted by molar-refractivity contribution is -0.119. The lowest BCUT2D eigenvalue weighted by atomic mass is 9.94. The highest BCUT2D eigenvalue weighted by molar-refractivity contribution is 8.01. The minimum atomic E-state index is 0.419. The highest BCUT2D eigenvalue weighted by Crippen LogP contribution is 2.36. The summed E-state index contributed by atoms with van der Waals surface area (Å²) in [5.74, 6) is 1.03. The molecular weight excluding hydrogens is 380 g/mol. The van der Waals surface area contributed by atoms with Crippen LogP contribution in [-0.2, 0) is 11.3 Å². The fourth-order valence-electron chi connectivity index (χ4n) is 3.42. The smallest absolute Gasteiger partial charge is 0.209 e. The van der Waals surface area contributed by atoms with Crippen molar-refractivity contribution in [3.05, 3.63) is 23.3 Å². The molecule has 0 spiro atoms. The topological polar surface area (TPSA) is 89.9 Å². The number of aromatic nitrogens is 4. The first-order valence-electron chi connectivity index (χ1n) is 9.03. The Morgan fingerprint density at radius 2 is 2.19 bits per heavy atom. The van der Waals surface area contributed by atoms with Crippen LogP contribution >= 0.6 is 23.1 Å². The molecule has 1 amide bonds. The van der Waals surface area contributed by atoms with Crippen molar-refractivity contribution in [1.82, 2.24) is 24.4 Å². The van der Waals surface area contributed by atoms with Gasteiger partial charge in [-0.2, -0.15) is 0 Å². The second-order valence-corrected chi connectivity index (χ2v) is 9.00. The van der Waals surface area contributed by atoms with Gasteiger partial charge in [-0.05, 0) is 60.9 Å². The summed E-state index contributed by atoms with van der Waals surface area (Å²) in [6.07, 6.45) is 5.60. The number of amides is 1. The number of aryl methyl sites for hydroxylation is 2. The van der Waals surface area contributed by atoms with Crippen molar-refractivity contribution >= 4 is 46.5 Å². The molecule has 1 aliphatic rings. The maximum atomic E-state index is 10.9. The summed E-state index contributed by atoms with van der Waals surface area (Å²) in [5.41, 5.74) is 8.76. The molecule has 142 valence electrons. The van der Waals surface area contributed by atoms with Gasteiger partial charge in [-0.25, -0.2) is 15.0 Å². The lowest BCUT2D eigenvalue weighted by Crippen LogP contribution is -2.32. The third-order valence-electron chi connectivity index (χ3n) is 5.08. The molecule has 0 aliphatic carbocycles. The Balaban J connectivity index is 1.58. The number of rotatable bonds is 6. The van der Waals surface area contributed by atoms with E-state index < -0.39 is 0 Å². The summed E-state index contributed by atoms with van der Waals surface area (Å²) in [7, 11) is 0. The van der Waals surface area contributed by atoms with Gasteiger partial charge in [0.25, 0.3) is 0 Å². The van der Waals surface area contributed by atoms with Crippen molar-refractivity contribution in [3.63, 3.8) is 0 Å². The Labute approximate surface area is 166 Å². The summed E-state index contributed by atoms with van der Waals surface area (Å²) in [4.78, 5) is 26.0. The Bertz CT molecular complexity index is 945. The van der Waals surface area contributed by atoms with E-state index >= 15 is 0 Å². The molecule has 2 N–H and O–H groups in total. The number of imidazole rings is 1. The minimum Gasteiger partial charge on any atom is -0.382 e. The van der Waals surface area contributed by atoms with E-state index in [0.29, 0.717) is 17.3 Å². The number of thiophene rings is 1. The van der Waals surface area contributed by atoms with Crippen LogP contribution in [0.25, 0.3) is 11.2 Å². The second kappa shape index (κ2) is 7.85. The number of likely N-dealkylation sites (tertiary alicyclic amines) is 1. The van der Waals surface area contributed by atoms with Crippen LogP contribution in [0.1, 0.15) is 24.8 Å². The van der Waals surface area contributed by atoms with Gasteiger partial charge >= 0.3 is 0 Å². The molecule has 0 bridgehead atoms. The molecule has 1 aliphatic heterocycles. The molecule has 0 aromatic carbocycles. The van der Waals surface area contributed by atoms with Crippen LogP contribution < -0.4 is 5.73 Å². The van der Waals surface area contributed by atoms with E-state index in [-0.39, 0.29) is 0 Å². The Morgan fingerprint density at radius 1 is 1.37 bits per heavy atom. The molecule has 0 atom stereocenters. The van der Waals surface area contributed by atoms with Crippen LogP contribution in [-0.4, -0.2) is 43.9 Å². The number of piperidine rings is 1. The lowest BCUT2D eigenvalue weighted by Gasteiger charge is -2.29. The van der Waals surface area contributed by atoms with E-state index in [1.165, 1.54) is 16.1 Å². The molecule has 4 heterocycles. The fourth-order valence-corrected chi connectivity index (χ4v) is 5.47. The molecule has 27 heavy (non-hydrogen) atoms. The summed E-state index contributed by atoms with van der Waals surface area (Å²) in [5, 5.41) is 3.01. The van der Waals surface area contributed by atoms with Gasteiger partial charge in [0.15, 0.2) is 22.1 Å². The van der Waals surface area contributed by atoms with Crippen LogP contribution in [0.4, 0.5) is 5.82 Å². The molecule has 1 saturated heterocycles. The van der Waals surface area contributed by atoms with Gasteiger partial charge in [-0.1, -0.05) is 0 Å². The van der Waals surface area contributed by atoms with Crippen molar-refractivity contribution in [3.8, 4) is 0 Å². The molecule has 1 fully saturated rings. The maximum Gasteiger partial charge on any atom is 0.209 e. The fraction of sp³-hybridized carbons (Fsp3) is 0.444. The number of carbonyl (C=O) groups is 1. The number of nitrogens with zero attached hydrogens (tertiary/aromatic N) is 5. The Kier molecular flexibility index (Phi) is 5.31. The molecule has 0 radical (unpaired) electrons. The van der Waals surface area contributed by atoms with Gasteiger partial charge in [0.05, 0.1) is 4.21 Å². The zero-order valence-electron chi connectivity index (χ0n) is 15.2. The number of nitrogen functional groups attached to an aromatic ring is 1. The van der Waals surface area contributed by atoms with Crippen molar-refractivity contribution in [1.29, 1.82) is 0 Å². The van der Waals surface area contributed by atoms with Crippen LogP contribution in [0.5, 0.6) is 0 Å². The van der Waals surface area contributed by atoms with Crippen molar-refractivity contribution < 1.29 is 4.79 Å². The van der Waals surface area contributed by atoms with Crippen molar-refractivity contribution in [2.45, 2.75) is 42.1 Å². The van der Waals surface area contributed by atoms with Crippen molar-refractivity contribution in [2.24, 2.45) is 5.92 Å². The summed E-state index contributed by atoms with van der Waals surface area (Å²) in [6.45, 7) is 4.65. The Morgan fingerprint density at radius 3 is 2.89 bits per heavy atom. The molecule has 4 rings (SSSR count). The molecule has 7 nitrogen and oxygen atoms in total. The first-order chi connectivity index (χ1) is 13.2. The van der Waals surface area contributed by atoms with Gasteiger partial charge in [0.1, 0.15) is 6.33 Å². The predicted molar refractivity (Wildman–Crippen MR) is 108 cm³/mol. The highest BCUT2D eigenvalue weighted by Gasteiger charge is 2.21. The second-order valence-electron chi connectivity index (χ2n) is 6.84. The van der Waals surface area contributed by atoms with Crippen molar-refractivity contribution in [2.75, 3.05) is 18.8 Å². The summed E-state index contributed by atoms with van der Waals surface area (Å²) < 4.78 is 3.40. The maximum absolute atomic E-state index is 10.9. The average Bonchev–Trinajstić information content (AvgIpc) is 3.25. The first kappa shape index (κ1) is 18.2. The Hall–Kier alpha value is -2.13.